The number of nitrogens with two attached hydrogens (primary N) is 1. The van der Waals surface area contributed by atoms with Crippen LogP contribution in [0.3, 0.4) is 0 Å². The fraction of sp³-hybridized carbons (Fsp3) is 0. The smallest absolute Gasteiger partial charge is 0.239 e. The SMILES string of the molecule is NNc1ncc(F)c(Nc2cc(Br)ccc2F)n1. The van der Waals surface area contributed by atoms with Gasteiger partial charge in [0.15, 0.2) is 11.6 Å². The molecule has 0 saturated heterocycles. The van der Waals surface area contributed by atoms with E-state index in [1.165, 1.54) is 18.2 Å². The van der Waals surface area contributed by atoms with Crippen LogP contribution in [-0.2, 0) is 0 Å². The third-order valence-corrected chi connectivity index (χ3v) is 2.55. The predicted molar refractivity (Wildman–Crippen MR) is 67.2 cm³/mol. The fourth-order valence-electron chi connectivity index (χ4n) is 1.25. The molecule has 0 spiro atoms. The van der Waals surface area contributed by atoms with Gasteiger partial charge in [0.05, 0.1) is 11.9 Å². The Morgan fingerprint density at radius 3 is 2.72 bits per heavy atom. The lowest BCUT2D eigenvalue weighted by molar-refractivity contribution is 0.616. The van der Waals surface area contributed by atoms with Crippen LogP contribution in [0.25, 0.3) is 0 Å². The zero-order valence-corrected chi connectivity index (χ0v) is 10.5. The lowest BCUT2D eigenvalue weighted by atomic mass is 10.3. The molecule has 18 heavy (non-hydrogen) atoms. The van der Waals surface area contributed by atoms with E-state index in [9.17, 15) is 8.78 Å². The average Bonchev–Trinajstić information content (AvgIpc) is 2.36. The van der Waals surface area contributed by atoms with E-state index >= 15 is 0 Å². The lowest BCUT2D eigenvalue weighted by Crippen LogP contribution is -2.12. The molecule has 1 aromatic heterocycles. The van der Waals surface area contributed by atoms with E-state index in [1.54, 1.807) is 0 Å². The number of nitrogens with one attached hydrogen (secondary N) is 2. The van der Waals surface area contributed by atoms with Crippen LogP contribution in [-0.4, -0.2) is 9.97 Å². The van der Waals surface area contributed by atoms with Crippen LogP contribution in [0.4, 0.5) is 26.2 Å². The van der Waals surface area contributed by atoms with Crippen LogP contribution in [0, 0.1) is 11.6 Å². The minimum atomic E-state index is -0.714. The molecule has 0 unspecified atom stereocenters. The highest BCUT2D eigenvalue weighted by Gasteiger charge is 2.09. The number of halogens is 3. The minimum Gasteiger partial charge on any atom is -0.335 e. The first-order chi connectivity index (χ1) is 8.60. The second-order valence-electron chi connectivity index (χ2n) is 3.28. The largest absolute Gasteiger partial charge is 0.335 e. The van der Waals surface area contributed by atoms with E-state index < -0.39 is 11.6 Å². The zero-order valence-electron chi connectivity index (χ0n) is 8.92. The van der Waals surface area contributed by atoms with Gasteiger partial charge in [-0.3, -0.25) is 5.43 Å². The van der Waals surface area contributed by atoms with Gasteiger partial charge in [0.25, 0.3) is 0 Å². The molecule has 1 heterocycles. The van der Waals surface area contributed by atoms with Crippen molar-refractivity contribution in [2.45, 2.75) is 0 Å². The van der Waals surface area contributed by atoms with E-state index in [-0.39, 0.29) is 17.5 Å². The number of nitrogen functional groups attached to an aromatic ring is 1. The average molecular weight is 316 g/mol. The summed E-state index contributed by atoms with van der Waals surface area (Å²) in [6.07, 6.45) is 0.931. The number of hydrogen-bond acceptors (Lipinski definition) is 5. The number of rotatable bonds is 3. The van der Waals surface area contributed by atoms with Crippen molar-refractivity contribution < 1.29 is 8.78 Å². The summed E-state index contributed by atoms with van der Waals surface area (Å²) >= 11 is 3.19. The van der Waals surface area contributed by atoms with E-state index in [4.69, 9.17) is 5.84 Å². The molecule has 4 N–H and O–H groups in total. The van der Waals surface area contributed by atoms with Crippen LogP contribution >= 0.6 is 15.9 Å². The van der Waals surface area contributed by atoms with Crippen molar-refractivity contribution >= 4 is 33.4 Å². The number of hydrazine groups is 1. The first-order valence-electron chi connectivity index (χ1n) is 4.81. The molecule has 1 aromatic carbocycles. The highest BCUT2D eigenvalue weighted by Crippen LogP contribution is 2.24. The maximum absolute atomic E-state index is 13.5. The van der Waals surface area contributed by atoms with Crippen molar-refractivity contribution in [3.63, 3.8) is 0 Å². The Hall–Kier alpha value is -1.80. The first-order valence-corrected chi connectivity index (χ1v) is 5.60. The van der Waals surface area contributed by atoms with Crippen LogP contribution in [0.1, 0.15) is 0 Å². The van der Waals surface area contributed by atoms with Crippen LogP contribution in [0.15, 0.2) is 28.9 Å². The molecule has 0 aliphatic rings. The number of hydrogen-bond donors (Lipinski definition) is 3. The molecule has 8 heteroatoms. The van der Waals surface area contributed by atoms with Crippen molar-refractivity contribution in [2.24, 2.45) is 5.84 Å². The third-order valence-electron chi connectivity index (χ3n) is 2.05. The molecular formula is C10H8BrF2N5. The Morgan fingerprint density at radius 2 is 2.00 bits per heavy atom. The molecular weight excluding hydrogens is 308 g/mol. The van der Waals surface area contributed by atoms with Crippen molar-refractivity contribution in [3.05, 3.63) is 40.5 Å². The molecule has 0 amide bonds. The Kier molecular flexibility index (Phi) is 3.68. The molecule has 5 nitrogen and oxygen atoms in total. The van der Waals surface area contributed by atoms with E-state index in [2.05, 4.69) is 36.6 Å². The van der Waals surface area contributed by atoms with Gasteiger partial charge < -0.3 is 5.32 Å². The first kappa shape index (κ1) is 12.7. The molecule has 2 rings (SSSR count). The normalized spacial score (nSPS) is 10.2. The molecule has 0 aliphatic carbocycles. The Balaban J connectivity index is 2.36. The highest BCUT2D eigenvalue weighted by atomic mass is 79.9. The van der Waals surface area contributed by atoms with Gasteiger partial charge >= 0.3 is 0 Å². The molecule has 94 valence electrons. The summed E-state index contributed by atoms with van der Waals surface area (Å²) in [5, 5.41) is 2.53. The van der Waals surface area contributed by atoms with Crippen molar-refractivity contribution in [2.75, 3.05) is 10.7 Å². The lowest BCUT2D eigenvalue weighted by Gasteiger charge is -2.09. The monoisotopic (exact) mass is 315 g/mol. The summed E-state index contributed by atoms with van der Waals surface area (Å²) in [5.74, 6) is 3.72. The Labute approximate surface area is 110 Å². The third kappa shape index (κ3) is 2.71. The van der Waals surface area contributed by atoms with E-state index in [1.807, 2.05) is 0 Å². The van der Waals surface area contributed by atoms with Gasteiger partial charge in [-0.1, -0.05) is 15.9 Å². The van der Waals surface area contributed by atoms with Crippen LogP contribution in [0.5, 0.6) is 0 Å². The van der Waals surface area contributed by atoms with Crippen LogP contribution in [0.2, 0.25) is 0 Å². The van der Waals surface area contributed by atoms with Gasteiger partial charge in [0.2, 0.25) is 5.95 Å². The summed E-state index contributed by atoms with van der Waals surface area (Å²) in [6, 6.07) is 4.24. The minimum absolute atomic E-state index is 0.0225. The van der Waals surface area contributed by atoms with E-state index in [0.29, 0.717) is 4.47 Å². The number of anilines is 3. The maximum atomic E-state index is 13.5. The Morgan fingerprint density at radius 1 is 1.22 bits per heavy atom. The van der Waals surface area contributed by atoms with Gasteiger partial charge in [-0.25, -0.2) is 19.6 Å². The molecule has 0 atom stereocenters. The second-order valence-corrected chi connectivity index (χ2v) is 4.20. The van der Waals surface area contributed by atoms with Gasteiger partial charge in [-0.05, 0) is 18.2 Å². The summed E-state index contributed by atoms with van der Waals surface area (Å²) in [7, 11) is 0. The molecule has 0 bridgehead atoms. The topological polar surface area (TPSA) is 75.9 Å². The predicted octanol–water partition coefficient (Wildman–Crippen LogP) is 2.55. The van der Waals surface area contributed by atoms with Gasteiger partial charge in [0.1, 0.15) is 5.82 Å². The quantitative estimate of drug-likeness (QED) is 0.599. The molecule has 0 aliphatic heterocycles. The maximum Gasteiger partial charge on any atom is 0.239 e. The zero-order chi connectivity index (χ0) is 13.1. The highest BCUT2D eigenvalue weighted by molar-refractivity contribution is 9.10. The number of aromatic nitrogens is 2. The van der Waals surface area contributed by atoms with Crippen LogP contribution < -0.4 is 16.6 Å². The molecule has 0 fully saturated rings. The summed E-state index contributed by atoms with van der Waals surface area (Å²) < 4.78 is 27.6. The molecule has 0 saturated carbocycles. The summed E-state index contributed by atoms with van der Waals surface area (Å²) in [6.45, 7) is 0. The van der Waals surface area contributed by atoms with Gasteiger partial charge in [-0.2, -0.15) is 4.98 Å². The second kappa shape index (κ2) is 5.23. The van der Waals surface area contributed by atoms with Gasteiger partial charge in [-0.15, -0.1) is 0 Å². The fourth-order valence-corrected chi connectivity index (χ4v) is 1.61. The Bertz CT molecular complexity index is 578. The van der Waals surface area contributed by atoms with Gasteiger partial charge in [0, 0.05) is 4.47 Å². The number of nitrogens with zero attached hydrogens (tertiary/aromatic N) is 2. The van der Waals surface area contributed by atoms with Crippen molar-refractivity contribution in [3.8, 4) is 0 Å². The summed E-state index contributed by atoms with van der Waals surface area (Å²) in [4.78, 5) is 7.32. The summed E-state index contributed by atoms with van der Waals surface area (Å²) in [5.41, 5.74) is 2.26. The standard InChI is InChI=1S/C10H8BrF2N5/c11-5-1-2-6(12)8(3-5)16-9-7(13)4-15-10(17-9)18-14/h1-4H,14H2,(H2,15,16,17,18). The molecule has 2 aromatic rings. The van der Waals surface area contributed by atoms with Crippen molar-refractivity contribution in [1.29, 1.82) is 0 Å². The van der Waals surface area contributed by atoms with E-state index in [0.717, 1.165) is 6.20 Å². The number of benzene rings is 1. The van der Waals surface area contributed by atoms with Crippen molar-refractivity contribution in [1.82, 2.24) is 9.97 Å². The molecule has 0 radical (unpaired) electrons.